The summed E-state index contributed by atoms with van der Waals surface area (Å²) in [5, 5.41) is 9.70. The summed E-state index contributed by atoms with van der Waals surface area (Å²) in [6.07, 6.45) is 29.3. The van der Waals surface area contributed by atoms with Crippen LogP contribution in [0.5, 0.6) is 0 Å². The van der Waals surface area contributed by atoms with Gasteiger partial charge in [-0.3, -0.25) is 4.79 Å². The third kappa shape index (κ3) is 5.61. The van der Waals surface area contributed by atoms with Gasteiger partial charge in [0.15, 0.2) is 0 Å². The highest BCUT2D eigenvalue weighted by atomic mass is 16.6. The first kappa shape index (κ1) is 32.3. The van der Waals surface area contributed by atoms with Crippen LogP contribution in [-0.2, 0) is 14.3 Å². The SMILES string of the molecule is O=C(CCCCCCCC1CC2C1C1C3C4CCC4C3C21)OCC(CO)OCCCCCCCCC1CCC2C(C1)C1C3CCC3C21. The fraction of sp³-hybridized carbons (Fsp3) is 0.977. The van der Waals surface area contributed by atoms with Crippen molar-refractivity contribution in [3.63, 3.8) is 0 Å². The van der Waals surface area contributed by atoms with E-state index in [-0.39, 0.29) is 25.3 Å². The Labute approximate surface area is 286 Å². The van der Waals surface area contributed by atoms with E-state index >= 15 is 0 Å². The van der Waals surface area contributed by atoms with Gasteiger partial charge in [-0.1, -0.05) is 77.0 Å². The molecule has 9 saturated carbocycles. The zero-order chi connectivity index (χ0) is 31.5. The van der Waals surface area contributed by atoms with Gasteiger partial charge in [0, 0.05) is 13.0 Å². The number of aliphatic hydroxyl groups excluding tert-OH is 1. The Morgan fingerprint density at radius 3 is 1.87 bits per heavy atom. The Kier molecular flexibility index (Phi) is 9.51. The first-order chi connectivity index (χ1) is 23.2. The molecule has 4 heteroatoms. The topological polar surface area (TPSA) is 55.8 Å². The molecule has 9 aliphatic carbocycles. The number of aliphatic hydroxyl groups is 1. The summed E-state index contributed by atoms with van der Waals surface area (Å²) >= 11 is 0. The van der Waals surface area contributed by atoms with Gasteiger partial charge in [-0.05, 0) is 152 Å². The maximum Gasteiger partial charge on any atom is 0.305 e. The van der Waals surface area contributed by atoms with Crippen molar-refractivity contribution in [1.29, 1.82) is 0 Å². The minimum atomic E-state index is -0.377. The summed E-state index contributed by atoms with van der Waals surface area (Å²) in [5.74, 6) is 18.5. The van der Waals surface area contributed by atoms with Crippen molar-refractivity contribution in [2.75, 3.05) is 19.8 Å². The van der Waals surface area contributed by atoms with E-state index in [1.165, 1.54) is 130 Å². The summed E-state index contributed by atoms with van der Waals surface area (Å²) in [4.78, 5) is 12.3. The van der Waals surface area contributed by atoms with E-state index in [1.807, 2.05) is 0 Å². The van der Waals surface area contributed by atoms with Crippen molar-refractivity contribution in [3.05, 3.63) is 0 Å². The predicted octanol–water partition coefficient (Wildman–Crippen LogP) is 9.47. The molecule has 264 valence electrons. The number of carbonyl (C=O) groups is 1. The van der Waals surface area contributed by atoms with Crippen molar-refractivity contribution in [3.8, 4) is 0 Å². The average Bonchev–Trinajstić information content (AvgIpc) is 3.04. The molecule has 0 saturated heterocycles. The minimum absolute atomic E-state index is 0.0783. The van der Waals surface area contributed by atoms with Gasteiger partial charge in [-0.15, -0.1) is 0 Å². The van der Waals surface area contributed by atoms with E-state index in [2.05, 4.69) is 0 Å². The maximum absolute atomic E-state index is 12.3. The third-order valence-electron chi connectivity index (χ3n) is 17.5. The van der Waals surface area contributed by atoms with E-state index in [0.29, 0.717) is 13.0 Å². The van der Waals surface area contributed by atoms with Crippen LogP contribution in [0.2, 0.25) is 0 Å². The molecule has 9 rings (SSSR count). The summed E-state index contributed by atoms with van der Waals surface area (Å²) in [5.41, 5.74) is 0. The fourth-order valence-electron chi connectivity index (χ4n) is 15.1. The zero-order valence-corrected chi connectivity index (χ0v) is 29.7. The van der Waals surface area contributed by atoms with Gasteiger partial charge < -0.3 is 14.6 Å². The molecule has 17 atom stereocenters. The Balaban J connectivity index is 0.535. The standard InChI is InChI=1S/C43H68O4/c44-24-28(46-21-11-7-2-1-4-8-12-26-15-16-33-34(22-26)39-30-18-17-29(30)38(33)39)25-47-36(45)14-10-6-3-5-9-13-27-23-35-37(27)43-41-32-20-19-31(32)40(41)42(35)43/h26-35,37-44H,1-25H2. The van der Waals surface area contributed by atoms with Crippen molar-refractivity contribution in [2.45, 2.75) is 147 Å². The van der Waals surface area contributed by atoms with Crippen LogP contribution in [0, 0.1) is 94.7 Å². The predicted molar refractivity (Wildman–Crippen MR) is 185 cm³/mol. The fourth-order valence-corrected chi connectivity index (χ4v) is 15.1. The van der Waals surface area contributed by atoms with Crippen LogP contribution in [0.4, 0.5) is 0 Å². The molecule has 0 heterocycles. The largest absolute Gasteiger partial charge is 0.463 e. The van der Waals surface area contributed by atoms with Gasteiger partial charge >= 0.3 is 5.97 Å². The highest BCUT2D eigenvalue weighted by Crippen LogP contribution is 2.84. The van der Waals surface area contributed by atoms with Crippen LogP contribution in [0.1, 0.15) is 141 Å². The lowest BCUT2D eigenvalue weighted by Gasteiger charge is -2.85. The van der Waals surface area contributed by atoms with Crippen LogP contribution in [0.3, 0.4) is 0 Å². The molecule has 4 nitrogen and oxygen atoms in total. The average molecular weight is 649 g/mol. The monoisotopic (exact) mass is 649 g/mol. The van der Waals surface area contributed by atoms with E-state index < -0.39 is 0 Å². The van der Waals surface area contributed by atoms with Crippen molar-refractivity contribution in [1.82, 2.24) is 0 Å². The van der Waals surface area contributed by atoms with E-state index in [9.17, 15) is 9.90 Å². The van der Waals surface area contributed by atoms with E-state index in [1.54, 1.807) is 44.9 Å². The summed E-state index contributed by atoms with van der Waals surface area (Å²) < 4.78 is 11.3. The Bertz CT molecular complexity index is 1080. The molecule has 0 bridgehead atoms. The molecule has 9 aliphatic rings. The minimum Gasteiger partial charge on any atom is -0.463 e. The second-order valence-electron chi connectivity index (χ2n) is 19.1. The van der Waals surface area contributed by atoms with Crippen LogP contribution >= 0.6 is 0 Å². The lowest BCUT2D eigenvalue weighted by Crippen LogP contribution is -2.80. The quantitative estimate of drug-likeness (QED) is 0.0765. The van der Waals surface area contributed by atoms with Crippen molar-refractivity contribution in [2.24, 2.45) is 94.7 Å². The summed E-state index contributed by atoms with van der Waals surface area (Å²) in [7, 11) is 0. The van der Waals surface area contributed by atoms with Gasteiger partial charge in [-0.25, -0.2) is 0 Å². The number of fused-ring (bicyclic) bond motifs is 17. The molecule has 0 radical (unpaired) electrons. The van der Waals surface area contributed by atoms with Gasteiger partial charge in [0.2, 0.25) is 0 Å². The Morgan fingerprint density at radius 1 is 0.553 bits per heavy atom. The van der Waals surface area contributed by atoms with Crippen molar-refractivity contribution >= 4 is 5.97 Å². The lowest BCUT2D eigenvalue weighted by atomic mass is 9.20. The number of carbonyl (C=O) groups excluding carboxylic acids is 1. The second kappa shape index (κ2) is 13.8. The normalized spacial score (nSPS) is 47.3. The lowest BCUT2D eigenvalue weighted by molar-refractivity contribution is -0.375. The molecule has 0 aliphatic heterocycles. The van der Waals surface area contributed by atoms with E-state index in [4.69, 9.17) is 9.47 Å². The highest BCUT2D eigenvalue weighted by Gasteiger charge is 2.79. The molecule has 17 unspecified atom stereocenters. The third-order valence-corrected chi connectivity index (χ3v) is 17.5. The number of hydrogen-bond donors (Lipinski definition) is 1. The first-order valence-corrected chi connectivity index (χ1v) is 21.6. The van der Waals surface area contributed by atoms with Crippen LogP contribution < -0.4 is 0 Å². The molecule has 9 fully saturated rings. The Morgan fingerprint density at radius 2 is 1.13 bits per heavy atom. The number of ether oxygens (including phenoxy) is 2. The number of esters is 1. The maximum atomic E-state index is 12.3. The zero-order valence-electron chi connectivity index (χ0n) is 29.7. The van der Waals surface area contributed by atoms with Crippen LogP contribution in [0.15, 0.2) is 0 Å². The molecule has 47 heavy (non-hydrogen) atoms. The molecule has 0 amide bonds. The Hall–Kier alpha value is -0.610. The van der Waals surface area contributed by atoms with Crippen LogP contribution in [-0.4, -0.2) is 37.0 Å². The first-order valence-electron chi connectivity index (χ1n) is 21.6. The van der Waals surface area contributed by atoms with Gasteiger partial charge in [0.05, 0.1) is 6.61 Å². The number of hydrogen-bond acceptors (Lipinski definition) is 4. The number of rotatable bonds is 21. The van der Waals surface area contributed by atoms with Gasteiger partial charge in [0.1, 0.15) is 12.7 Å². The smallest absolute Gasteiger partial charge is 0.305 e. The molecular weight excluding hydrogens is 580 g/mol. The highest BCUT2D eigenvalue weighted by molar-refractivity contribution is 5.69. The summed E-state index contributed by atoms with van der Waals surface area (Å²) in [6, 6.07) is 0. The van der Waals surface area contributed by atoms with Crippen LogP contribution in [0.25, 0.3) is 0 Å². The molecule has 1 N–H and O–H groups in total. The number of unbranched alkanes of at least 4 members (excludes halogenated alkanes) is 9. The van der Waals surface area contributed by atoms with Crippen molar-refractivity contribution < 1.29 is 19.4 Å². The molecule has 0 aromatic heterocycles. The molecule has 0 aromatic carbocycles. The van der Waals surface area contributed by atoms with Gasteiger partial charge in [-0.2, -0.15) is 0 Å². The summed E-state index contributed by atoms with van der Waals surface area (Å²) in [6.45, 7) is 0.767. The van der Waals surface area contributed by atoms with E-state index in [0.717, 1.165) is 54.8 Å². The molecule has 0 aromatic rings. The van der Waals surface area contributed by atoms with Gasteiger partial charge in [0.25, 0.3) is 0 Å². The second-order valence-corrected chi connectivity index (χ2v) is 19.1. The molecular formula is C43H68O4. The molecule has 0 spiro atoms.